The van der Waals surface area contributed by atoms with Crippen LogP contribution in [0.2, 0.25) is 10.0 Å². The minimum absolute atomic E-state index is 0.0582. The lowest BCUT2D eigenvalue weighted by Crippen LogP contribution is -2.42. The zero-order chi connectivity index (χ0) is 25.0. The van der Waals surface area contributed by atoms with Crippen molar-refractivity contribution in [1.82, 2.24) is 9.55 Å². The second-order valence-electron chi connectivity index (χ2n) is 7.59. The summed E-state index contributed by atoms with van der Waals surface area (Å²) in [6.07, 6.45) is -3.92. The molecule has 0 spiro atoms. The molecule has 1 amide bonds. The number of hydrogen-bond donors (Lipinski definition) is 1. The Morgan fingerprint density at radius 2 is 1.76 bits per heavy atom. The summed E-state index contributed by atoms with van der Waals surface area (Å²) in [6, 6.07) is 7.10. The zero-order valence-electron chi connectivity index (χ0n) is 17.0. The maximum absolute atomic E-state index is 13.9. The highest BCUT2D eigenvalue weighted by atomic mass is 35.5. The molecule has 2 aromatic carbocycles. The molecule has 0 aliphatic carbocycles. The standard InChI is InChI=1S/C21H13Cl2F4N3O4/c1-20(8-10-2-4-12(5-3-10)34-21(25,26)27)18(33)29(11-6-13(22)16(24)14(23)7-11)19-28-9-15(17(31)32)30(19)20/h2-7,9H,8H2,1H3,(H,31,32). The molecule has 3 aromatic rings. The summed E-state index contributed by atoms with van der Waals surface area (Å²) in [5, 5.41) is 8.92. The van der Waals surface area contributed by atoms with E-state index in [4.69, 9.17) is 23.2 Å². The van der Waals surface area contributed by atoms with Crippen LogP contribution in [-0.4, -0.2) is 32.9 Å². The highest BCUT2D eigenvalue weighted by Gasteiger charge is 2.51. The predicted molar refractivity (Wildman–Crippen MR) is 113 cm³/mol. The molecule has 178 valence electrons. The molecule has 1 unspecified atom stereocenters. The topological polar surface area (TPSA) is 84.7 Å². The highest BCUT2D eigenvalue weighted by Crippen LogP contribution is 2.44. The van der Waals surface area contributed by atoms with Gasteiger partial charge in [0.05, 0.1) is 21.9 Å². The van der Waals surface area contributed by atoms with Gasteiger partial charge in [0.25, 0.3) is 5.91 Å². The van der Waals surface area contributed by atoms with Gasteiger partial charge in [0.1, 0.15) is 17.0 Å². The third kappa shape index (κ3) is 4.05. The number of halogens is 6. The number of alkyl halides is 3. The van der Waals surface area contributed by atoms with E-state index in [2.05, 4.69) is 9.72 Å². The Balaban J connectivity index is 1.78. The van der Waals surface area contributed by atoms with Gasteiger partial charge in [-0.15, -0.1) is 13.2 Å². The molecule has 1 aromatic heterocycles. The van der Waals surface area contributed by atoms with Crippen molar-refractivity contribution in [2.75, 3.05) is 4.90 Å². The van der Waals surface area contributed by atoms with Crippen LogP contribution in [0.3, 0.4) is 0 Å². The van der Waals surface area contributed by atoms with Gasteiger partial charge >= 0.3 is 12.3 Å². The Morgan fingerprint density at radius 1 is 1.18 bits per heavy atom. The van der Waals surface area contributed by atoms with Crippen LogP contribution in [0.4, 0.5) is 29.2 Å². The number of carboxylic acid groups (broad SMARTS) is 1. The third-order valence-corrected chi connectivity index (χ3v) is 5.80. The maximum Gasteiger partial charge on any atom is 0.573 e. The molecule has 13 heteroatoms. The Morgan fingerprint density at radius 3 is 2.29 bits per heavy atom. The van der Waals surface area contributed by atoms with Gasteiger partial charge in [0, 0.05) is 6.42 Å². The number of aromatic carboxylic acids is 1. The first kappa shape index (κ1) is 23.8. The summed E-state index contributed by atoms with van der Waals surface area (Å²) >= 11 is 11.8. The van der Waals surface area contributed by atoms with E-state index in [0.29, 0.717) is 5.56 Å². The molecule has 2 heterocycles. The van der Waals surface area contributed by atoms with E-state index < -0.39 is 35.3 Å². The minimum atomic E-state index is -4.87. The maximum atomic E-state index is 13.9. The fraction of sp³-hybridized carbons (Fsp3) is 0.190. The van der Waals surface area contributed by atoms with Crippen molar-refractivity contribution in [2.45, 2.75) is 25.2 Å². The number of fused-ring (bicyclic) bond motifs is 1. The third-order valence-electron chi connectivity index (χ3n) is 5.25. The van der Waals surface area contributed by atoms with Crippen LogP contribution in [0, 0.1) is 5.82 Å². The van der Waals surface area contributed by atoms with E-state index >= 15 is 0 Å². The van der Waals surface area contributed by atoms with Crippen LogP contribution in [0.25, 0.3) is 0 Å². The van der Waals surface area contributed by atoms with Crippen molar-refractivity contribution < 1.29 is 37.0 Å². The molecule has 1 N–H and O–H groups in total. The van der Waals surface area contributed by atoms with E-state index in [1.807, 2.05) is 0 Å². The van der Waals surface area contributed by atoms with Crippen LogP contribution >= 0.6 is 23.2 Å². The van der Waals surface area contributed by atoms with Crippen LogP contribution in [0.1, 0.15) is 23.0 Å². The lowest BCUT2D eigenvalue weighted by molar-refractivity contribution is -0.274. The van der Waals surface area contributed by atoms with Gasteiger partial charge in [-0.25, -0.2) is 19.1 Å². The number of aromatic nitrogens is 2. The van der Waals surface area contributed by atoms with Gasteiger partial charge < -0.3 is 9.84 Å². The largest absolute Gasteiger partial charge is 0.573 e. The average Bonchev–Trinajstić information content (AvgIpc) is 3.25. The number of ether oxygens (including phenoxy) is 1. The number of imidazole rings is 1. The summed E-state index contributed by atoms with van der Waals surface area (Å²) in [5.74, 6) is -3.40. The Kier molecular flexibility index (Phi) is 5.73. The number of rotatable bonds is 5. The van der Waals surface area contributed by atoms with Gasteiger partial charge in [-0.2, -0.15) is 0 Å². The number of benzene rings is 2. The summed E-state index contributed by atoms with van der Waals surface area (Å²) in [5.41, 5.74) is -1.38. The lowest BCUT2D eigenvalue weighted by Gasteiger charge is -2.26. The Bertz CT molecular complexity index is 1290. The molecule has 0 saturated heterocycles. The molecular weight excluding hydrogens is 505 g/mol. The first-order chi connectivity index (χ1) is 15.8. The Labute approximate surface area is 199 Å². The number of hydrogen-bond acceptors (Lipinski definition) is 4. The SMILES string of the molecule is CC1(Cc2ccc(OC(F)(F)F)cc2)C(=O)N(c2cc(Cl)c(F)c(Cl)c2)c2ncc(C(=O)O)n21. The molecule has 4 rings (SSSR count). The van der Waals surface area contributed by atoms with Crippen molar-refractivity contribution in [2.24, 2.45) is 0 Å². The predicted octanol–water partition coefficient (Wildman–Crippen LogP) is 5.56. The van der Waals surface area contributed by atoms with E-state index in [1.54, 1.807) is 0 Å². The van der Waals surface area contributed by atoms with Gasteiger partial charge in [-0.1, -0.05) is 35.3 Å². The summed E-state index contributed by atoms with van der Waals surface area (Å²) in [6.45, 7) is 1.46. The van der Waals surface area contributed by atoms with Crippen LogP contribution in [-0.2, 0) is 16.8 Å². The molecule has 1 aliphatic heterocycles. The number of carboxylic acids is 1. The fourth-order valence-electron chi connectivity index (χ4n) is 3.83. The monoisotopic (exact) mass is 517 g/mol. The van der Waals surface area contributed by atoms with Crippen molar-refractivity contribution in [3.05, 3.63) is 69.7 Å². The van der Waals surface area contributed by atoms with Gasteiger partial charge in [-0.05, 0) is 36.8 Å². The molecule has 0 bridgehead atoms. The smallest absolute Gasteiger partial charge is 0.477 e. The lowest BCUT2D eigenvalue weighted by atomic mass is 9.91. The molecule has 34 heavy (non-hydrogen) atoms. The number of anilines is 2. The first-order valence-corrected chi connectivity index (χ1v) is 10.2. The second kappa shape index (κ2) is 8.17. The molecule has 0 fully saturated rings. The number of carbonyl (C=O) groups excluding carboxylic acids is 1. The fourth-order valence-corrected chi connectivity index (χ4v) is 4.31. The molecular formula is C21H13Cl2F4N3O4. The van der Waals surface area contributed by atoms with Crippen LogP contribution in [0.15, 0.2) is 42.6 Å². The van der Waals surface area contributed by atoms with Crippen LogP contribution < -0.4 is 9.64 Å². The van der Waals surface area contributed by atoms with Gasteiger partial charge in [-0.3, -0.25) is 9.36 Å². The van der Waals surface area contributed by atoms with Crippen molar-refractivity contribution in [1.29, 1.82) is 0 Å². The molecule has 1 atom stereocenters. The van der Waals surface area contributed by atoms with Crippen LogP contribution in [0.5, 0.6) is 5.75 Å². The zero-order valence-corrected chi connectivity index (χ0v) is 18.5. The highest BCUT2D eigenvalue weighted by molar-refractivity contribution is 6.35. The molecule has 1 aliphatic rings. The van der Waals surface area contributed by atoms with E-state index in [1.165, 1.54) is 23.6 Å². The first-order valence-electron chi connectivity index (χ1n) is 9.47. The summed E-state index contributed by atoms with van der Waals surface area (Å²) in [4.78, 5) is 30.6. The quantitative estimate of drug-likeness (QED) is 0.353. The summed E-state index contributed by atoms with van der Waals surface area (Å²) in [7, 11) is 0. The van der Waals surface area contributed by atoms with Crippen molar-refractivity contribution in [3.8, 4) is 5.75 Å². The minimum Gasteiger partial charge on any atom is -0.477 e. The van der Waals surface area contributed by atoms with Gasteiger partial charge in [0.2, 0.25) is 5.95 Å². The molecule has 0 saturated carbocycles. The number of amides is 1. The van der Waals surface area contributed by atoms with Crippen molar-refractivity contribution >= 4 is 46.7 Å². The van der Waals surface area contributed by atoms with Gasteiger partial charge in [0.15, 0.2) is 5.82 Å². The van der Waals surface area contributed by atoms with E-state index in [0.717, 1.165) is 35.4 Å². The molecule has 7 nitrogen and oxygen atoms in total. The van der Waals surface area contributed by atoms with E-state index in [-0.39, 0.29) is 33.8 Å². The Hall–Kier alpha value is -3.31. The number of carbonyl (C=O) groups is 2. The summed E-state index contributed by atoms with van der Waals surface area (Å²) < 4.78 is 56.3. The normalized spacial score (nSPS) is 17.7. The van der Waals surface area contributed by atoms with Crippen molar-refractivity contribution in [3.63, 3.8) is 0 Å². The second-order valence-corrected chi connectivity index (χ2v) is 8.40. The van der Waals surface area contributed by atoms with E-state index in [9.17, 15) is 32.3 Å². The number of nitrogens with zero attached hydrogens (tertiary/aromatic N) is 3. The average molecular weight is 518 g/mol. The molecule has 0 radical (unpaired) electrons.